The number of carbonyl (C=O) groups excluding carboxylic acids is 1. The molecule has 2 heterocycles. The third-order valence-electron chi connectivity index (χ3n) is 4.82. The molecule has 2 aliphatic heterocycles. The van der Waals surface area contributed by atoms with Gasteiger partial charge in [0.2, 0.25) is 5.91 Å². The van der Waals surface area contributed by atoms with Crippen molar-refractivity contribution >= 4 is 15.7 Å². The highest BCUT2D eigenvalue weighted by molar-refractivity contribution is 7.91. The molecule has 1 N–H and O–H groups in total. The number of nitrogens with one attached hydrogen (secondary N) is 1. The van der Waals surface area contributed by atoms with E-state index in [1.165, 1.54) is 0 Å². The monoisotopic (exact) mass is 378 g/mol. The van der Waals surface area contributed by atoms with Gasteiger partial charge in [0.05, 0.1) is 42.4 Å². The summed E-state index contributed by atoms with van der Waals surface area (Å²) < 4.78 is 34.5. The van der Waals surface area contributed by atoms with E-state index in [1.807, 2.05) is 0 Å². The Morgan fingerprint density at radius 2 is 1.88 bits per heavy atom. The van der Waals surface area contributed by atoms with Crippen molar-refractivity contribution in [1.29, 1.82) is 5.26 Å². The van der Waals surface area contributed by atoms with Crippen LogP contribution in [0, 0.1) is 17.2 Å². The standard InChI is InChI=1S/C18H22N2O5S/c19-11-13-1-3-15(4-2-13)25-17-5-8-24-12-16(17)20-18(21)14-6-9-26(22,23)10-7-14/h1-4,14,16-17H,5-10,12H2,(H,20,21)/t16-,17-/m1/s1. The average molecular weight is 378 g/mol. The summed E-state index contributed by atoms with van der Waals surface area (Å²) in [6.07, 6.45) is 1.14. The van der Waals surface area contributed by atoms with E-state index in [9.17, 15) is 13.2 Å². The van der Waals surface area contributed by atoms with Gasteiger partial charge in [-0.15, -0.1) is 0 Å². The Kier molecular flexibility index (Phi) is 5.79. The predicted octanol–water partition coefficient (Wildman–Crippen LogP) is 1.04. The zero-order chi connectivity index (χ0) is 18.6. The first kappa shape index (κ1) is 18.7. The molecule has 2 aliphatic rings. The van der Waals surface area contributed by atoms with Crippen LogP contribution in [0.15, 0.2) is 24.3 Å². The second-order valence-electron chi connectivity index (χ2n) is 6.70. The zero-order valence-electron chi connectivity index (χ0n) is 14.4. The summed E-state index contributed by atoms with van der Waals surface area (Å²) in [5.74, 6) is 0.355. The summed E-state index contributed by atoms with van der Waals surface area (Å²) >= 11 is 0. The summed E-state index contributed by atoms with van der Waals surface area (Å²) in [5.41, 5.74) is 0.557. The third-order valence-corrected chi connectivity index (χ3v) is 6.53. The zero-order valence-corrected chi connectivity index (χ0v) is 15.2. The van der Waals surface area contributed by atoms with Crippen molar-refractivity contribution in [3.8, 4) is 11.8 Å². The largest absolute Gasteiger partial charge is 0.488 e. The Bertz CT molecular complexity index is 771. The number of rotatable bonds is 4. The first-order valence-corrected chi connectivity index (χ1v) is 10.5. The minimum atomic E-state index is -2.99. The quantitative estimate of drug-likeness (QED) is 0.839. The van der Waals surface area contributed by atoms with Gasteiger partial charge in [-0.05, 0) is 37.1 Å². The maximum atomic E-state index is 12.5. The van der Waals surface area contributed by atoms with Gasteiger partial charge in [-0.1, -0.05) is 0 Å². The number of nitrogens with zero attached hydrogens (tertiary/aromatic N) is 1. The molecule has 140 valence electrons. The summed E-state index contributed by atoms with van der Waals surface area (Å²) in [7, 11) is -2.99. The van der Waals surface area contributed by atoms with Gasteiger partial charge in [0.25, 0.3) is 0 Å². The summed E-state index contributed by atoms with van der Waals surface area (Å²) in [6.45, 7) is 0.909. The molecule has 0 unspecified atom stereocenters. The van der Waals surface area contributed by atoms with Crippen LogP contribution in [0.25, 0.3) is 0 Å². The number of carbonyl (C=O) groups is 1. The topological polar surface area (TPSA) is 105 Å². The van der Waals surface area contributed by atoms with Crippen LogP contribution < -0.4 is 10.1 Å². The van der Waals surface area contributed by atoms with E-state index in [1.54, 1.807) is 24.3 Å². The Hall–Kier alpha value is -2.11. The Labute approximate surface area is 153 Å². The molecule has 3 rings (SSSR count). The van der Waals surface area contributed by atoms with Crippen LogP contribution in [0.1, 0.15) is 24.8 Å². The normalized spacial score (nSPS) is 25.8. The van der Waals surface area contributed by atoms with Crippen LogP contribution in [0.3, 0.4) is 0 Å². The number of amides is 1. The van der Waals surface area contributed by atoms with E-state index in [0.717, 1.165) is 0 Å². The minimum absolute atomic E-state index is 0.0669. The Balaban J connectivity index is 1.59. The molecule has 1 amide bonds. The van der Waals surface area contributed by atoms with E-state index in [4.69, 9.17) is 14.7 Å². The average Bonchev–Trinajstić information content (AvgIpc) is 2.64. The molecule has 26 heavy (non-hydrogen) atoms. The molecule has 0 aromatic heterocycles. The molecular formula is C18H22N2O5S. The maximum Gasteiger partial charge on any atom is 0.223 e. The van der Waals surface area contributed by atoms with Gasteiger partial charge in [0.1, 0.15) is 21.7 Å². The molecule has 8 heteroatoms. The van der Waals surface area contributed by atoms with Gasteiger partial charge in [0.15, 0.2) is 0 Å². The second kappa shape index (κ2) is 8.06. The molecular weight excluding hydrogens is 356 g/mol. The van der Waals surface area contributed by atoms with Crippen LogP contribution in [-0.4, -0.2) is 51.2 Å². The Morgan fingerprint density at radius 1 is 1.19 bits per heavy atom. The van der Waals surface area contributed by atoms with Crippen molar-refractivity contribution < 1.29 is 22.7 Å². The number of hydrogen-bond acceptors (Lipinski definition) is 6. The molecule has 0 radical (unpaired) electrons. The predicted molar refractivity (Wildman–Crippen MR) is 94.3 cm³/mol. The van der Waals surface area contributed by atoms with Gasteiger partial charge < -0.3 is 14.8 Å². The van der Waals surface area contributed by atoms with Crippen LogP contribution >= 0.6 is 0 Å². The van der Waals surface area contributed by atoms with Crippen molar-refractivity contribution in [2.45, 2.75) is 31.4 Å². The second-order valence-corrected chi connectivity index (χ2v) is 9.00. The van der Waals surface area contributed by atoms with Crippen molar-refractivity contribution in [2.75, 3.05) is 24.7 Å². The van der Waals surface area contributed by atoms with Gasteiger partial charge in [-0.25, -0.2) is 8.42 Å². The molecule has 0 bridgehead atoms. The molecule has 0 saturated carbocycles. The van der Waals surface area contributed by atoms with Crippen molar-refractivity contribution in [3.63, 3.8) is 0 Å². The highest BCUT2D eigenvalue weighted by atomic mass is 32.2. The summed E-state index contributed by atoms with van der Waals surface area (Å²) in [5, 5.41) is 11.8. The SMILES string of the molecule is N#Cc1ccc(O[C@@H]2CCOC[C@H]2NC(=O)C2CCS(=O)(=O)CC2)cc1. The van der Waals surface area contributed by atoms with Crippen LogP contribution in [-0.2, 0) is 19.4 Å². The highest BCUT2D eigenvalue weighted by Crippen LogP contribution is 2.22. The van der Waals surface area contributed by atoms with Crippen molar-refractivity contribution in [3.05, 3.63) is 29.8 Å². The maximum absolute atomic E-state index is 12.5. The van der Waals surface area contributed by atoms with Crippen molar-refractivity contribution in [2.24, 2.45) is 5.92 Å². The summed E-state index contributed by atoms with van der Waals surface area (Å²) in [6, 6.07) is 8.61. The van der Waals surface area contributed by atoms with E-state index in [2.05, 4.69) is 11.4 Å². The molecule has 2 atom stereocenters. The lowest BCUT2D eigenvalue weighted by molar-refractivity contribution is -0.128. The summed E-state index contributed by atoms with van der Waals surface area (Å²) in [4.78, 5) is 12.5. The molecule has 2 saturated heterocycles. The minimum Gasteiger partial charge on any atom is -0.488 e. The van der Waals surface area contributed by atoms with E-state index < -0.39 is 9.84 Å². The molecule has 7 nitrogen and oxygen atoms in total. The lowest BCUT2D eigenvalue weighted by Crippen LogP contribution is -2.53. The molecule has 2 fully saturated rings. The third kappa shape index (κ3) is 4.74. The van der Waals surface area contributed by atoms with Gasteiger partial charge >= 0.3 is 0 Å². The number of benzene rings is 1. The van der Waals surface area contributed by atoms with Crippen molar-refractivity contribution in [1.82, 2.24) is 5.32 Å². The lowest BCUT2D eigenvalue weighted by Gasteiger charge is -2.33. The molecule has 1 aromatic rings. The fourth-order valence-corrected chi connectivity index (χ4v) is 4.72. The fraction of sp³-hybridized carbons (Fsp3) is 0.556. The van der Waals surface area contributed by atoms with Gasteiger partial charge in [-0.2, -0.15) is 5.26 Å². The van der Waals surface area contributed by atoms with E-state index >= 15 is 0 Å². The van der Waals surface area contributed by atoms with Crippen LogP contribution in [0.2, 0.25) is 0 Å². The Morgan fingerprint density at radius 3 is 2.54 bits per heavy atom. The molecule has 1 aromatic carbocycles. The van der Waals surface area contributed by atoms with Crippen LogP contribution in [0.4, 0.5) is 0 Å². The molecule has 0 aliphatic carbocycles. The van der Waals surface area contributed by atoms with Gasteiger partial charge in [-0.3, -0.25) is 4.79 Å². The van der Waals surface area contributed by atoms with E-state index in [-0.39, 0.29) is 35.5 Å². The first-order chi connectivity index (χ1) is 12.5. The lowest BCUT2D eigenvalue weighted by atomic mass is 10.00. The van der Waals surface area contributed by atoms with Crippen LogP contribution in [0.5, 0.6) is 5.75 Å². The fourth-order valence-electron chi connectivity index (χ4n) is 3.23. The molecule has 0 spiro atoms. The smallest absolute Gasteiger partial charge is 0.223 e. The van der Waals surface area contributed by atoms with E-state index in [0.29, 0.717) is 43.8 Å². The number of nitriles is 1. The first-order valence-electron chi connectivity index (χ1n) is 8.72. The number of sulfone groups is 1. The van der Waals surface area contributed by atoms with Gasteiger partial charge in [0, 0.05) is 12.3 Å². The highest BCUT2D eigenvalue weighted by Gasteiger charge is 2.33. The number of ether oxygens (including phenoxy) is 2. The number of hydrogen-bond donors (Lipinski definition) is 1.